The van der Waals surface area contributed by atoms with Gasteiger partial charge in [0, 0.05) is 19.2 Å². The van der Waals surface area contributed by atoms with E-state index >= 15 is 0 Å². The van der Waals surface area contributed by atoms with Crippen LogP contribution in [0.4, 0.5) is 0 Å². The van der Waals surface area contributed by atoms with Crippen LogP contribution in [0.1, 0.15) is 34.7 Å². The van der Waals surface area contributed by atoms with Gasteiger partial charge in [-0.3, -0.25) is 4.79 Å². The zero-order valence-corrected chi connectivity index (χ0v) is 13.6. The number of methoxy groups -OCH3 is 1. The lowest BCUT2D eigenvalue weighted by molar-refractivity contribution is 0.0648. The second-order valence-electron chi connectivity index (χ2n) is 6.12. The average molecular weight is 314 g/mol. The molecule has 2 aromatic rings. The summed E-state index contributed by atoms with van der Waals surface area (Å²) in [7, 11) is 1.68. The molecule has 1 aliphatic heterocycles. The SMILES string of the molecule is COc1ccc(CC2CCN(C(=O)c3cc(C)no3)CC2)cc1. The number of benzene rings is 1. The molecule has 0 bridgehead atoms. The van der Waals surface area contributed by atoms with Crippen LogP contribution in [-0.4, -0.2) is 36.2 Å². The first kappa shape index (κ1) is 15.6. The molecule has 0 saturated carbocycles. The first-order valence-corrected chi connectivity index (χ1v) is 8.01. The predicted octanol–water partition coefficient (Wildman–Crippen LogP) is 3.09. The second-order valence-corrected chi connectivity index (χ2v) is 6.12. The molecule has 23 heavy (non-hydrogen) atoms. The van der Waals surface area contributed by atoms with Crippen LogP contribution in [0.15, 0.2) is 34.9 Å². The molecule has 1 aromatic carbocycles. The van der Waals surface area contributed by atoms with Gasteiger partial charge in [0.1, 0.15) is 5.75 Å². The monoisotopic (exact) mass is 314 g/mol. The summed E-state index contributed by atoms with van der Waals surface area (Å²) in [5, 5.41) is 3.78. The molecular weight excluding hydrogens is 292 g/mol. The zero-order valence-electron chi connectivity index (χ0n) is 13.6. The highest BCUT2D eigenvalue weighted by molar-refractivity contribution is 5.91. The van der Waals surface area contributed by atoms with E-state index in [-0.39, 0.29) is 5.91 Å². The van der Waals surface area contributed by atoms with Crippen molar-refractivity contribution >= 4 is 5.91 Å². The Bertz CT molecular complexity index is 655. The number of carbonyl (C=O) groups excluding carboxylic acids is 1. The summed E-state index contributed by atoms with van der Waals surface area (Å²) in [5.74, 6) is 1.80. The quantitative estimate of drug-likeness (QED) is 0.870. The number of hydrogen-bond acceptors (Lipinski definition) is 4. The Balaban J connectivity index is 1.52. The number of likely N-dealkylation sites (tertiary alicyclic amines) is 1. The molecule has 0 aliphatic carbocycles. The Labute approximate surface area is 136 Å². The third-order valence-corrected chi connectivity index (χ3v) is 4.42. The van der Waals surface area contributed by atoms with Crippen LogP contribution in [0.5, 0.6) is 5.75 Å². The molecule has 5 nitrogen and oxygen atoms in total. The average Bonchev–Trinajstić information content (AvgIpc) is 3.02. The maximum Gasteiger partial charge on any atom is 0.292 e. The number of aryl methyl sites for hydroxylation is 1. The lowest BCUT2D eigenvalue weighted by Crippen LogP contribution is -2.38. The maximum absolute atomic E-state index is 12.3. The summed E-state index contributed by atoms with van der Waals surface area (Å²) in [5.41, 5.74) is 2.06. The summed E-state index contributed by atoms with van der Waals surface area (Å²) in [6.45, 7) is 3.38. The summed E-state index contributed by atoms with van der Waals surface area (Å²) in [6, 6.07) is 9.94. The van der Waals surface area contributed by atoms with Crippen molar-refractivity contribution < 1.29 is 14.1 Å². The molecular formula is C18H22N2O3. The van der Waals surface area contributed by atoms with Crippen molar-refractivity contribution in [2.24, 2.45) is 5.92 Å². The van der Waals surface area contributed by atoms with Gasteiger partial charge in [0.2, 0.25) is 5.76 Å². The topological polar surface area (TPSA) is 55.6 Å². The number of amides is 1. The van der Waals surface area contributed by atoms with Gasteiger partial charge >= 0.3 is 0 Å². The number of carbonyl (C=O) groups is 1. The standard InChI is InChI=1S/C18H22N2O3/c1-13-11-17(23-19-13)18(21)20-9-7-15(8-10-20)12-14-3-5-16(22-2)6-4-14/h3-6,11,15H,7-10,12H2,1-2H3. The molecule has 1 fully saturated rings. The highest BCUT2D eigenvalue weighted by Gasteiger charge is 2.25. The van der Waals surface area contributed by atoms with Gasteiger partial charge in [-0.2, -0.15) is 0 Å². The van der Waals surface area contributed by atoms with E-state index in [0.29, 0.717) is 11.7 Å². The van der Waals surface area contributed by atoms with E-state index in [9.17, 15) is 4.79 Å². The van der Waals surface area contributed by atoms with E-state index in [1.54, 1.807) is 13.2 Å². The predicted molar refractivity (Wildman–Crippen MR) is 86.6 cm³/mol. The van der Waals surface area contributed by atoms with Crippen LogP contribution >= 0.6 is 0 Å². The molecule has 3 rings (SSSR count). The normalized spacial score (nSPS) is 15.7. The largest absolute Gasteiger partial charge is 0.497 e. The summed E-state index contributed by atoms with van der Waals surface area (Å²) >= 11 is 0. The van der Waals surface area contributed by atoms with Gasteiger partial charge in [-0.05, 0) is 49.8 Å². The summed E-state index contributed by atoms with van der Waals surface area (Å²) in [4.78, 5) is 14.2. The fourth-order valence-corrected chi connectivity index (χ4v) is 3.06. The molecule has 0 spiro atoms. The number of piperidine rings is 1. The number of aromatic nitrogens is 1. The van der Waals surface area contributed by atoms with Crippen LogP contribution in [0.25, 0.3) is 0 Å². The molecule has 1 saturated heterocycles. The van der Waals surface area contributed by atoms with Crippen LogP contribution in [0.2, 0.25) is 0 Å². The number of rotatable bonds is 4. The van der Waals surface area contributed by atoms with Crippen LogP contribution in [0, 0.1) is 12.8 Å². The number of hydrogen-bond donors (Lipinski definition) is 0. The van der Waals surface area contributed by atoms with E-state index in [1.807, 2.05) is 24.0 Å². The van der Waals surface area contributed by atoms with E-state index < -0.39 is 0 Å². The summed E-state index contributed by atoms with van der Waals surface area (Å²) < 4.78 is 10.3. The Morgan fingerprint density at radius 1 is 1.30 bits per heavy atom. The van der Waals surface area contributed by atoms with Crippen LogP contribution < -0.4 is 4.74 Å². The molecule has 5 heteroatoms. The van der Waals surface area contributed by atoms with E-state index in [4.69, 9.17) is 9.26 Å². The van der Waals surface area contributed by atoms with Crippen molar-refractivity contribution in [3.63, 3.8) is 0 Å². The zero-order chi connectivity index (χ0) is 16.2. The first-order valence-electron chi connectivity index (χ1n) is 8.01. The lowest BCUT2D eigenvalue weighted by Gasteiger charge is -2.31. The molecule has 1 aromatic heterocycles. The highest BCUT2D eigenvalue weighted by atomic mass is 16.5. The lowest BCUT2D eigenvalue weighted by atomic mass is 9.90. The molecule has 0 atom stereocenters. The van der Waals surface area contributed by atoms with E-state index in [2.05, 4.69) is 17.3 Å². The Morgan fingerprint density at radius 3 is 2.57 bits per heavy atom. The molecule has 0 radical (unpaired) electrons. The molecule has 1 amide bonds. The second kappa shape index (κ2) is 6.86. The number of ether oxygens (including phenoxy) is 1. The molecule has 0 N–H and O–H groups in total. The van der Waals surface area contributed by atoms with Gasteiger partial charge in [0.15, 0.2) is 0 Å². The third-order valence-electron chi connectivity index (χ3n) is 4.42. The van der Waals surface area contributed by atoms with Crippen molar-refractivity contribution in [1.29, 1.82) is 0 Å². The van der Waals surface area contributed by atoms with Gasteiger partial charge in [-0.1, -0.05) is 17.3 Å². The smallest absolute Gasteiger partial charge is 0.292 e. The van der Waals surface area contributed by atoms with Gasteiger partial charge in [-0.25, -0.2) is 0 Å². The summed E-state index contributed by atoms with van der Waals surface area (Å²) in [6.07, 6.45) is 3.09. The Hall–Kier alpha value is -2.30. The minimum atomic E-state index is -0.0477. The van der Waals surface area contributed by atoms with Crippen molar-refractivity contribution in [2.45, 2.75) is 26.2 Å². The van der Waals surface area contributed by atoms with Gasteiger partial charge in [0.25, 0.3) is 5.91 Å². The minimum Gasteiger partial charge on any atom is -0.497 e. The Morgan fingerprint density at radius 2 is 2.00 bits per heavy atom. The Kier molecular flexibility index (Phi) is 4.65. The van der Waals surface area contributed by atoms with Gasteiger partial charge in [0.05, 0.1) is 12.8 Å². The van der Waals surface area contributed by atoms with E-state index in [0.717, 1.165) is 43.8 Å². The molecule has 122 valence electrons. The third kappa shape index (κ3) is 3.73. The van der Waals surface area contributed by atoms with Crippen LogP contribution in [0.3, 0.4) is 0 Å². The molecule has 2 heterocycles. The van der Waals surface area contributed by atoms with Gasteiger partial charge in [-0.15, -0.1) is 0 Å². The van der Waals surface area contributed by atoms with Crippen molar-refractivity contribution in [2.75, 3.05) is 20.2 Å². The first-order chi connectivity index (χ1) is 11.2. The van der Waals surface area contributed by atoms with Crippen molar-refractivity contribution in [1.82, 2.24) is 10.1 Å². The fourth-order valence-electron chi connectivity index (χ4n) is 3.06. The number of nitrogens with zero attached hydrogens (tertiary/aromatic N) is 2. The minimum absolute atomic E-state index is 0.0477. The van der Waals surface area contributed by atoms with Gasteiger partial charge < -0.3 is 14.2 Å². The van der Waals surface area contributed by atoms with E-state index in [1.165, 1.54) is 5.56 Å². The highest BCUT2D eigenvalue weighted by Crippen LogP contribution is 2.24. The van der Waals surface area contributed by atoms with Crippen molar-refractivity contribution in [3.8, 4) is 5.75 Å². The molecule has 0 unspecified atom stereocenters. The maximum atomic E-state index is 12.3. The van der Waals surface area contributed by atoms with Crippen molar-refractivity contribution in [3.05, 3.63) is 47.3 Å². The fraction of sp³-hybridized carbons (Fsp3) is 0.444. The van der Waals surface area contributed by atoms with Crippen LogP contribution in [-0.2, 0) is 6.42 Å². The molecule has 1 aliphatic rings.